The van der Waals surface area contributed by atoms with Gasteiger partial charge in [-0.15, -0.1) is 0 Å². The highest BCUT2D eigenvalue weighted by molar-refractivity contribution is 5.71. The minimum Gasteiger partial charge on any atom is -0.548 e. The van der Waals surface area contributed by atoms with E-state index >= 15 is 0 Å². The van der Waals surface area contributed by atoms with E-state index in [2.05, 4.69) is 15.4 Å². The lowest BCUT2D eigenvalue weighted by molar-refractivity contribution is -0.508. The van der Waals surface area contributed by atoms with Gasteiger partial charge in [0.2, 0.25) is 0 Å². The molecule has 0 saturated carbocycles. The predicted octanol–water partition coefficient (Wildman–Crippen LogP) is -1.21. The number of hydrazone groups is 1. The molecule has 1 aromatic heterocycles. The number of nitrogens with two attached hydrogens (primary N) is 1. The van der Waals surface area contributed by atoms with Crippen molar-refractivity contribution in [3.63, 3.8) is 0 Å². The predicted molar refractivity (Wildman–Crippen MR) is 70.8 cm³/mol. The monoisotopic (exact) mass is 273 g/mol. The average Bonchev–Trinajstić information content (AvgIpc) is 2.48. The summed E-state index contributed by atoms with van der Waals surface area (Å²) in [6.45, 7) is 0. The van der Waals surface area contributed by atoms with Gasteiger partial charge in [0, 0.05) is 36.5 Å². The van der Waals surface area contributed by atoms with Crippen LogP contribution in [-0.4, -0.2) is 32.9 Å². The van der Waals surface area contributed by atoms with Crippen molar-refractivity contribution >= 4 is 17.8 Å². The van der Waals surface area contributed by atoms with Gasteiger partial charge in [0.05, 0.1) is 12.2 Å². The highest BCUT2D eigenvalue weighted by Crippen LogP contribution is 2.11. The van der Waals surface area contributed by atoms with Crippen LogP contribution in [0.5, 0.6) is 0 Å². The van der Waals surface area contributed by atoms with Crippen molar-refractivity contribution in [3.05, 3.63) is 42.8 Å². The maximum atomic E-state index is 10.5. The summed E-state index contributed by atoms with van der Waals surface area (Å²) in [5, 5.41) is 10.5. The number of allylic oxidation sites excluding steroid dienone is 2. The number of nitrogens with one attached hydrogen (secondary N) is 1. The Bertz CT molecular complexity index is 565. The van der Waals surface area contributed by atoms with Crippen molar-refractivity contribution < 1.29 is 14.6 Å². The quantitative estimate of drug-likeness (QED) is 0.652. The summed E-state index contributed by atoms with van der Waals surface area (Å²) in [7, 11) is 0. The summed E-state index contributed by atoms with van der Waals surface area (Å²) in [5.74, 6) is -0.598. The number of aromatic nitrogens is 2. The van der Waals surface area contributed by atoms with Gasteiger partial charge in [-0.2, -0.15) is 5.43 Å². The summed E-state index contributed by atoms with van der Waals surface area (Å²) in [6, 6.07) is 0.814. The summed E-state index contributed by atoms with van der Waals surface area (Å²) < 4.78 is 1.72. The standard InChI is InChI=1S/C13H15N5O2/c14-11(13(19)20)3-1-7-18-8-4-10(9-17-18)12-15-5-2-6-16-12/h2,4-9,11H,1,3,14H2,(H-,15,16,17,19,20)/t11-/m0/s1. The minimum atomic E-state index is -1.23. The highest BCUT2D eigenvalue weighted by Gasteiger charge is 2.10. The zero-order valence-corrected chi connectivity index (χ0v) is 10.8. The van der Waals surface area contributed by atoms with Crippen LogP contribution in [0.1, 0.15) is 18.7 Å². The molecular weight excluding hydrogens is 258 g/mol. The lowest BCUT2D eigenvalue weighted by atomic mass is 10.2. The Balaban J connectivity index is 1.90. The molecule has 1 aromatic rings. The SMILES string of the molecule is N[C@@H](CCC=[N+]1C=CC(c2ncccn2)=CN1)C(=O)[O-]. The zero-order valence-electron chi connectivity index (χ0n) is 10.8. The molecule has 0 amide bonds. The van der Waals surface area contributed by atoms with E-state index in [1.54, 1.807) is 41.8 Å². The van der Waals surface area contributed by atoms with Gasteiger partial charge in [0.25, 0.3) is 0 Å². The van der Waals surface area contributed by atoms with Crippen LogP contribution in [-0.2, 0) is 4.79 Å². The molecule has 7 heteroatoms. The maximum absolute atomic E-state index is 10.5. The fourth-order valence-corrected chi connectivity index (χ4v) is 1.61. The van der Waals surface area contributed by atoms with Crippen molar-refractivity contribution in [2.45, 2.75) is 18.9 Å². The highest BCUT2D eigenvalue weighted by atomic mass is 16.4. The molecular formula is C13H15N5O2. The molecule has 7 nitrogen and oxygen atoms in total. The number of hydrogen-bond donors (Lipinski definition) is 2. The molecule has 104 valence electrons. The van der Waals surface area contributed by atoms with Crippen LogP contribution in [0.4, 0.5) is 0 Å². The third kappa shape index (κ3) is 3.72. The largest absolute Gasteiger partial charge is 0.548 e. The van der Waals surface area contributed by atoms with Gasteiger partial charge >= 0.3 is 0 Å². The molecule has 3 N–H and O–H groups in total. The summed E-state index contributed by atoms with van der Waals surface area (Å²) in [6.07, 6.45) is 11.4. The molecule has 0 saturated heterocycles. The molecule has 1 aliphatic heterocycles. The molecule has 1 atom stereocenters. The third-order valence-electron chi connectivity index (χ3n) is 2.71. The molecule has 0 radical (unpaired) electrons. The number of carboxylic acid groups (broad SMARTS) is 1. The van der Waals surface area contributed by atoms with E-state index in [-0.39, 0.29) is 0 Å². The Morgan fingerprint density at radius 2 is 2.25 bits per heavy atom. The zero-order chi connectivity index (χ0) is 14.4. The summed E-state index contributed by atoms with van der Waals surface area (Å²) >= 11 is 0. The molecule has 0 fully saturated rings. The van der Waals surface area contributed by atoms with Gasteiger partial charge in [-0.1, -0.05) is 4.68 Å². The van der Waals surface area contributed by atoms with E-state index in [1.165, 1.54) is 0 Å². The Kier molecular flexibility index (Phi) is 4.56. The van der Waals surface area contributed by atoms with E-state index in [1.807, 2.05) is 6.08 Å². The second-order valence-electron chi connectivity index (χ2n) is 4.21. The normalized spacial score (nSPS) is 17.4. The van der Waals surface area contributed by atoms with Crippen LogP contribution in [0, 0.1) is 0 Å². The number of carboxylic acids is 1. The summed E-state index contributed by atoms with van der Waals surface area (Å²) in [4.78, 5) is 18.8. The van der Waals surface area contributed by atoms with Crippen molar-refractivity contribution in [1.82, 2.24) is 15.4 Å². The average molecular weight is 273 g/mol. The topological polar surface area (TPSA) is 107 Å². The molecule has 1 aliphatic rings. The lowest BCUT2D eigenvalue weighted by Gasteiger charge is -2.10. The molecule has 0 spiro atoms. The van der Waals surface area contributed by atoms with Crippen molar-refractivity contribution in [2.24, 2.45) is 5.73 Å². The molecule has 0 aliphatic carbocycles. The van der Waals surface area contributed by atoms with Crippen molar-refractivity contribution in [3.8, 4) is 0 Å². The number of carbonyl (C=O) groups is 1. The number of hydrazine groups is 1. The fraction of sp³-hybridized carbons (Fsp3) is 0.231. The number of aliphatic carboxylic acids is 1. The fourth-order valence-electron chi connectivity index (χ4n) is 1.61. The third-order valence-corrected chi connectivity index (χ3v) is 2.71. The van der Waals surface area contributed by atoms with Gasteiger partial charge in [0.15, 0.2) is 18.2 Å². The van der Waals surface area contributed by atoms with Crippen LogP contribution in [0.15, 0.2) is 36.9 Å². The molecule has 20 heavy (non-hydrogen) atoms. The smallest absolute Gasteiger partial charge is 0.200 e. The molecule has 0 bridgehead atoms. The second kappa shape index (κ2) is 6.58. The lowest BCUT2D eigenvalue weighted by Crippen LogP contribution is -2.41. The van der Waals surface area contributed by atoms with E-state index in [4.69, 9.17) is 5.73 Å². The number of rotatable bonds is 5. The van der Waals surface area contributed by atoms with Crippen molar-refractivity contribution in [2.75, 3.05) is 0 Å². The summed E-state index contributed by atoms with van der Waals surface area (Å²) in [5.41, 5.74) is 9.24. The van der Waals surface area contributed by atoms with E-state index in [9.17, 15) is 9.90 Å². The van der Waals surface area contributed by atoms with Crippen LogP contribution >= 0.6 is 0 Å². The van der Waals surface area contributed by atoms with Gasteiger partial charge in [0.1, 0.15) is 0 Å². The first kappa shape index (κ1) is 13.9. The van der Waals surface area contributed by atoms with E-state index in [0.29, 0.717) is 18.7 Å². The van der Waals surface area contributed by atoms with Crippen LogP contribution < -0.4 is 16.3 Å². The first-order valence-corrected chi connectivity index (χ1v) is 6.17. The second-order valence-corrected chi connectivity index (χ2v) is 4.21. The molecule has 0 aromatic carbocycles. The number of nitrogens with zero attached hydrogens (tertiary/aromatic N) is 3. The Labute approximate surface area is 116 Å². The first-order chi connectivity index (χ1) is 9.66. The van der Waals surface area contributed by atoms with Gasteiger partial charge in [-0.25, -0.2) is 9.97 Å². The van der Waals surface area contributed by atoms with Gasteiger partial charge < -0.3 is 15.6 Å². The Morgan fingerprint density at radius 3 is 2.85 bits per heavy atom. The number of carbonyl (C=O) groups excluding carboxylic acids is 1. The maximum Gasteiger partial charge on any atom is 0.200 e. The Morgan fingerprint density at radius 1 is 1.50 bits per heavy atom. The molecule has 2 rings (SSSR count). The molecule has 0 unspecified atom stereocenters. The first-order valence-electron chi connectivity index (χ1n) is 6.17. The molecule has 2 heterocycles. The number of hydrogen-bond acceptors (Lipinski definition) is 6. The van der Waals surface area contributed by atoms with E-state index < -0.39 is 12.0 Å². The van der Waals surface area contributed by atoms with Crippen molar-refractivity contribution in [1.29, 1.82) is 0 Å². The van der Waals surface area contributed by atoms with Gasteiger partial charge in [-0.05, 0) is 12.5 Å². The van der Waals surface area contributed by atoms with Crippen LogP contribution in [0.2, 0.25) is 0 Å². The minimum absolute atomic E-state index is 0.326. The van der Waals surface area contributed by atoms with Crippen LogP contribution in [0.25, 0.3) is 5.57 Å². The Hall–Kier alpha value is -2.54. The van der Waals surface area contributed by atoms with E-state index in [0.717, 1.165) is 5.57 Å². The van der Waals surface area contributed by atoms with Crippen LogP contribution in [0.3, 0.4) is 0 Å². The van der Waals surface area contributed by atoms with Gasteiger partial charge in [-0.3, -0.25) is 0 Å².